The van der Waals surface area contributed by atoms with Gasteiger partial charge in [-0.3, -0.25) is 0 Å². The molecule has 0 aliphatic heterocycles. The minimum Gasteiger partial charge on any atom is -0.392 e. The Kier molecular flexibility index (Phi) is 7.31. The topological polar surface area (TPSA) is 32.5 Å². The van der Waals surface area contributed by atoms with Gasteiger partial charge in [0.05, 0.1) is 13.2 Å². The molecule has 0 heterocycles. The number of aliphatic hydroxyl groups excluding tert-OH is 1. The van der Waals surface area contributed by atoms with Gasteiger partial charge in [-0.05, 0) is 30.2 Å². The van der Waals surface area contributed by atoms with Crippen LogP contribution in [0.4, 0.5) is 5.69 Å². The van der Waals surface area contributed by atoms with E-state index in [0.29, 0.717) is 12.5 Å². The third-order valence-electron chi connectivity index (χ3n) is 4.62. The molecule has 1 N–H and O–H groups in total. The van der Waals surface area contributed by atoms with Crippen LogP contribution in [0.1, 0.15) is 19.4 Å². The molecule has 0 aliphatic carbocycles. The molecule has 2 aromatic rings. The molecule has 0 aromatic heterocycles. The lowest BCUT2D eigenvalue weighted by Gasteiger charge is -2.22. The summed E-state index contributed by atoms with van der Waals surface area (Å²) in [6, 6.07) is 16.9. The predicted octanol–water partition coefficient (Wildman–Crippen LogP) is 4.60. The van der Waals surface area contributed by atoms with Crippen molar-refractivity contribution in [1.29, 1.82) is 0 Å². The van der Waals surface area contributed by atoms with Gasteiger partial charge in [-0.1, -0.05) is 50.3 Å². The van der Waals surface area contributed by atoms with E-state index in [-0.39, 0.29) is 12.6 Å². The van der Waals surface area contributed by atoms with Crippen LogP contribution in [0.2, 0.25) is 0 Å². The summed E-state index contributed by atoms with van der Waals surface area (Å²) >= 11 is 0. The molecule has 0 saturated carbocycles. The van der Waals surface area contributed by atoms with Crippen molar-refractivity contribution in [2.24, 2.45) is 5.92 Å². The zero-order valence-electron chi connectivity index (χ0n) is 16.3. The van der Waals surface area contributed by atoms with E-state index in [4.69, 9.17) is 4.74 Å². The maximum absolute atomic E-state index is 9.39. The first-order valence-electron chi connectivity index (χ1n) is 9.04. The van der Waals surface area contributed by atoms with Crippen LogP contribution in [0.15, 0.2) is 60.2 Å². The van der Waals surface area contributed by atoms with E-state index in [0.717, 1.165) is 11.3 Å². The first-order chi connectivity index (χ1) is 12.5. The quantitative estimate of drug-likeness (QED) is 0.428. The van der Waals surface area contributed by atoms with Crippen LogP contribution < -0.4 is 0 Å². The zero-order chi connectivity index (χ0) is 19.1. The highest BCUT2D eigenvalue weighted by Gasteiger charge is 2.30. The van der Waals surface area contributed by atoms with Gasteiger partial charge >= 0.3 is 0 Å². The van der Waals surface area contributed by atoms with E-state index >= 15 is 0 Å². The Morgan fingerprint density at radius 3 is 2.38 bits per heavy atom. The number of aryl methyl sites for hydroxylation is 1. The van der Waals surface area contributed by atoms with Crippen LogP contribution in [-0.2, 0) is 4.74 Å². The van der Waals surface area contributed by atoms with E-state index in [1.54, 1.807) is 7.11 Å². The molecule has 0 bridgehead atoms. The molecular weight excluding hydrogens is 322 g/mol. The van der Waals surface area contributed by atoms with E-state index in [1.807, 2.05) is 12.1 Å². The maximum Gasteiger partial charge on any atom is 0.208 e. The molecule has 0 fully saturated rings. The number of ether oxygens (including phenoxy) is 1. The van der Waals surface area contributed by atoms with Crippen LogP contribution in [0, 0.1) is 12.8 Å². The van der Waals surface area contributed by atoms with Crippen molar-refractivity contribution >= 4 is 12.4 Å². The third-order valence-corrected chi connectivity index (χ3v) is 4.62. The Bertz CT molecular complexity index is 763. The number of hydrogen-bond donors (Lipinski definition) is 1. The SMILES string of the molecule is C=[N+](c1ccc(-c2ccccc2)cc1C)C(/C(=C/CO)COC)C(C)C. The second kappa shape index (κ2) is 9.46. The highest BCUT2D eigenvalue weighted by atomic mass is 16.5. The summed E-state index contributed by atoms with van der Waals surface area (Å²) < 4.78 is 7.40. The van der Waals surface area contributed by atoms with Gasteiger partial charge in [-0.2, -0.15) is 4.58 Å². The first kappa shape index (κ1) is 20.1. The highest BCUT2D eigenvalue weighted by Crippen LogP contribution is 2.30. The van der Waals surface area contributed by atoms with Crippen LogP contribution >= 0.6 is 0 Å². The molecule has 0 spiro atoms. The number of nitrogens with zero attached hydrogens (tertiary/aromatic N) is 1. The lowest BCUT2D eigenvalue weighted by Crippen LogP contribution is -2.31. The molecule has 0 radical (unpaired) electrons. The maximum atomic E-state index is 9.39. The molecule has 2 rings (SSSR count). The highest BCUT2D eigenvalue weighted by molar-refractivity contribution is 5.66. The molecule has 2 aromatic carbocycles. The van der Waals surface area contributed by atoms with E-state index < -0.39 is 0 Å². The molecule has 1 atom stereocenters. The average Bonchev–Trinajstić information content (AvgIpc) is 2.62. The summed E-state index contributed by atoms with van der Waals surface area (Å²) in [6.45, 7) is 11.3. The fraction of sp³-hybridized carbons (Fsp3) is 0.348. The minimum absolute atomic E-state index is 0.00167. The van der Waals surface area contributed by atoms with Gasteiger partial charge in [-0.15, -0.1) is 0 Å². The monoisotopic (exact) mass is 352 g/mol. The predicted molar refractivity (Wildman–Crippen MR) is 109 cm³/mol. The standard InChI is InChI=1S/C23H30NO2/c1-17(2)23(21(13-14-25)16-26-5)24(4)22-12-11-20(15-18(22)3)19-9-7-6-8-10-19/h6-13,15,17,23,25H,4,14,16H2,1-3,5H3/q+1/b21-13+. The van der Waals surface area contributed by atoms with E-state index in [1.165, 1.54) is 16.7 Å². The van der Waals surface area contributed by atoms with Gasteiger partial charge < -0.3 is 9.84 Å². The second-order valence-electron chi connectivity index (χ2n) is 6.92. The summed E-state index contributed by atoms with van der Waals surface area (Å²) in [5.74, 6) is 0.327. The molecule has 3 nitrogen and oxygen atoms in total. The Balaban J connectivity index is 2.39. The number of methoxy groups -OCH3 is 1. The summed E-state index contributed by atoms with van der Waals surface area (Å²) in [5.41, 5.74) is 5.71. The van der Waals surface area contributed by atoms with Gasteiger partial charge in [0.1, 0.15) is 6.72 Å². The lowest BCUT2D eigenvalue weighted by atomic mass is 9.94. The average molecular weight is 352 g/mol. The van der Waals surface area contributed by atoms with Crippen molar-refractivity contribution in [2.75, 3.05) is 20.3 Å². The van der Waals surface area contributed by atoms with Crippen LogP contribution in [0.25, 0.3) is 11.1 Å². The van der Waals surface area contributed by atoms with Crippen molar-refractivity contribution in [3.05, 3.63) is 65.7 Å². The van der Waals surface area contributed by atoms with Crippen molar-refractivity contribution < 1.29 is 14.4 Å². The zero-order valence-corrected chi connectivity index (χ0v) is 16.3. The summed E-state index contributed by atoms with van der Waals surface area (Å²) in [5, 5.41) is 9.39. The normalized spacial score (nSPS) is 13.1. The lowest BCUT2D eigenvalue weighted by molar-refractivity contribution is -0.475. The summed E-state index contributed by atoms with van der Waals surface area (Å²) in [6.07, 6.45) is 1.83. The van der Waals surface area contributed by atoms with Gasteiger partial charge in [0.25, 0.3) is 0 Å². The summed E-state index contributed by atoms with van der Waals surface area (Å²) in [7, 11) is 1.68. The fourth-order valence-electron chi connectivity index (χ4n) is 3.47. The Morgan fingerprint density at radius 1 is 1.15 bits per heavy atom. The van der Waals surface area contributed by atoms with Crippen molar-refractivity contribution in [2.45, 2.75) is 26.8 Å². The molecule has 1 unspecified atom stereocenters. The molecule has 3 heteroatoms. The van der Waals surface area contributed by atoms with Gasteiger partial charge in [0.15, 0.2) is 6.04 Å². The van der Waals surface area contributed by atoms with E-state index in [9.17, 15) is 5.11 Å². The smallest absolute Gasteiger partial charge is 0.208 e. The molecular formula is C23H30NO2+. The van der Waals surface area contributed by atoms with Gasteiger partial charge in [0.2, 0.25) is 5.69 Å². The van der Waals surface area contributed by atoms with Gasteiger partial charge in [0, 0.05) is 30.2 Å². The fourth-order valence-corrected chi connectivity index (χ4v) is 3.47. The third kappa shape index (κ3) is 4.69. The van der Waals surface area contributed by atoms with Crippen LogP contribution in [0.5, 0.6) is 0 Å². The molecule has 0 aliphatic rings. The van der Waals surface area contributed by atoms with Crippen LogP contribution in [0.3, 0.4) is 0 Å². The minimum atomic E-state index is 0.00167. The van der Waals surface area contributed by atoms with E-state index in [2.05, 4.69) is 74.5 Å². The molecule has 26 heavy (non-hydrogen) atoms. The number of aliphatic hydroxyl groups is 1. The van der Waals surface area contributed by atoms with Crippen molar-refractivity contribution in [3.8, 4) is 11.1 Å². The number of hydrogen-bond acceptors (Lipinski definition) is 2. The van der Waals surface area contributed by atoms with Gasteiger partial charge in [-0.25, -0.2) is 0 Å². The molecule has 138 valence electrons. The molecule has 0 saturated heterocycles. The Labute approximate surface area is 157 Å². The first-order valence-corrected chi connectivity index (χ1v) is 9.04. The van der Waals surface area contributed by atoms with Crippen molar-refractivity contribution in [1.82, 2.24) is 0 Å². The number of rotatable bonds is 8. The molecule has 0 amide bonds. The second-order valence-corrected chi connectivity index (χ2v) is 6.92. The summed E-state index contributed by atoms with van der Waals surface area (Å²) in [4.78, 5) is 0. The van der Waals surface area contributed by atoms with Crippen LogP contribution in [-0.4, -0.2) is 42.8 Å². The van der Waals surface area contributed by atoms with Crippen molar-refractivity contribution in [3.63, 3.8) is 0 Å². The Morgan fingerprint density at radius 2 is 1.85 bits per heavy atom. The largest absolute Gasteiger partial charge is 0.392 e. The number of benzene rings is 2. The Hall–Kier alpha value is -2.23.